The maximum absolute atomic E-state index is 5.51. The van der Waals surface area contributed by atoms with Crippen LogP contribution >= 0.6 is 0 Å². The number of ether oxygens (including phenoxy) is 2. The maximum atomic E-state index is 5.51. The largest absolute Gasteiger partial charge is 0.384 e. The molecule has 0 spiro atoms. The fourth-order valence-electron chi connectivity index (χ4n) is 1.05. The van der Waals surface area contributed by atoms with Crippen molar-refractivity contribution in [2.24, 2.45) is 11.7 Å². The Morgan fingerprint density at radius 2 is 2.09 bits per heavy atom. The summed E-state index contributed by atoms with van der Waals surface area (Å²) >= 11 is 0. The monoisotopic (exact) mass is 161 g/mol. The molecule has 0 bridgehead atoms. The molecule has 0 amide bonds. The standard InChI is InChI=1S/C8H19NO2/c1-4-11-8(5-9)7(2)6-10-3/h7-8H,4-6,9H2,1-3H3. The lowest BCUT2D eigenvalue weighted by molar-refractivity contribution is 0.00365. The highest BCUT2D eigenvalue weighted by Crippen LogP contribution is 2.05. The highest BCUT2D eigenvalue weighted by atomic mass is 16.5. The van der Waals surface area contributed by atoms with E-state index in [2.05, 4.69) is 6.92 Å². The molecule has 3 heteroatoms. The average Bonchev–Trinajstić information content (AvgIpc) is 2.00. The van der Waals surface area contributed by atoms with E-state index < -0.39 is 0 Å². The van der Waals surface area contributed by atoms with Gasteiger partial charge in [-0.1, -0.05) is 6.92 Å². The van der Waals surface area contributed by atoms with Gasteiger partial charge in [-0.25, -0.2) is 0 Å². The van der Waals surface area contributed by atoms with Crippen molar-refractivity contribution in [1.29, 1.82) is 0 Å². The Labute approximate surface area is 68.9 Å². The molecule has 0 saturated carbocycles. The van der Waals surface area contributed by atoms with E-state index in [0.717, 1.165) is 6.61 Å². The predicted octanol–water partition coefficient (Wildman–Crippen LogP) is 0.633. The minimum absolute atomic E-state index is 0.139. The van der Waals surface area contributed by atoms with Crippen molar-refractivity contribution >= 4 is 0 Å². The lowest BCUT2D eigenvalue weighted by Crippen LogP contribution is -2.32. The first-order valence-corrected chi connectivity index (χ1v) is 4.06. The second-order valence-electron chi connectivity index (χ2n) is 2.66. The minimum atomic E-state index is 0.139. The van der Waals surface area contributed by atoms with Gasteiger partial charge in [-0.3, -0.25) is 0 Å². The van der Waals surface area contributed by atoms with Crippen LogP contribution in [0.1, 0.15) is 13.8 Å². The van der Waals surface area contributed by atoms with Gasteiger partial charge in [0.15, 0.2) is 0 Å². The summed E-state index contributed by atoms with van der Waals surface area (Å²) in [6, 6.07) is 0. The molecule has 0 aliphatic rings. The van der Waals surface area contributed by atoms with Crippen LogP contribution in [0.2, 0.25) is 0 Å². The summed E-state index contributed by atoms with van der Waals surface area (Å²) < 4.78 is 10.4. The van der Waals surface area contributed by atoms with E-state index in [4.69, 9.17) is 15.2 Å². The molecule has 11 heavy (non-hydrogen) atoms. The molecule has 0 aromatic rings. The third-order valence-electron chi connectivity index (χ3n) is 1.68. The van der Waals surface area contributed by atoms with Crippen LogP contribution in [0.25, 0.3) is 0 Å². The molecule has 2 atom stereocenters. The van der Waals surface area contributed by atoms with Crippen molar-refractivity contribution in [3.8, 4) is 0 Å². The lowest BCUT2D eigenvalue weighted by atomic mass is 10.1. The Balaban J connectivity index is 3.61. The van der Waals surface area contributed by atoms with E-state index in [1.807, 2.05) is 6.92 Å². The Bertz CT molecular complexity index is 88.2. The highest BCUT2D eigenvalue weighted by molar-refractivity contribution is 4.66. The molecule has 0 rings (SSSR count). The van der Waals surface area contributed by atoms with Crippen LogP contribution in [0, 0.1) is 5.92 Å². The average molecular weight is 161 g/mol. The van der Waals surface area contributed by atoms with Gasteiger partial charge >= 0.3 is 0 Å². The van der Waals surface area contributed by atoms with E-state index >= 15 is 0 Å². The first-order chi connectivity index (χ1) is 5.26. The number of rotatable bonds is 6. The Morgan fingerprint density at radius 3 is 2.45 bits per heavy atom. The molecule has 0 aliphatic carbocycles. The lowest BCUT2D eigenvalue weighted by Gasteiger charge is -2.21. The molecule has 0 aliphatic heterocycles. The van der Waals surface area contributed by atoms with Crippen molar-refractivity contribution < 1.29 is 9.47 Å². The van der Waals surface area contributed by atoms with E-state index in [1.165, 1.54) is 0 Å². The van der Waals surface area contributed by atoms with Crippen LogP contribution < -0.4 is 5.73 Å². The van der Waals surface area contributed by atoms with Crippen LogP contribution in [0.4, 0.5) is 0 Å². The van der Waals surface area contributed by atoms with Crippen LogP contribution in [0.3, 0.4) is 0 Å². The molecule has 0 aromatic heterocycles. The molecule has 2 unspecified atom stereocenters. The summed E-state index contributed by atoms with van der Waals surface area (Å²) in [5.74, 6) is 0.380. The Hall–Kier alpha value is -0.120. The van der Waals surface area contributed by atoms with Crippen LogP contribution in [-0.2, 0) is 9.47 Å². The zero-order chi connectivity index (χ0) is 8.69. The summed E-state index contributed by atoms with van der Waals surface area (Å²) in [6.45, 7) is 6.05. The molecule has 0 heterocycles. The van der Waals surface area contributed by atoms with Gasteiger partial charge in [-0.2, -0.15) is 0 Å². The van der Waals surface area contributed by atoms with Crippen LogP contribution in [0.5, 0.6) is 0 Å². The molecule has 3 nitrogen and oxygen atoms in total. The van der Waals surface area contributed by atoms with Crippen molar-refractivity contribution in [2.45, 2.75) is 20.0 Å². The molecule has 0 fully saturated rings. The third kappa shape index (κ3) is 4.35. The second-order valence-corrected chi connectivity index (χ2v) is 2.66. The molecule has 0 radical (unpaired) electrons. The van der Waals surface area contributed by atoms with Gasteiger partial charge in [0.1, 0.15) is 0 Å². The maximum Gasteiger partial charge on any atom is 0.0744 e. The topological polar surface area (TPSA) is 44.5 Å². The smallest absolute Gasteiger partial charge is 0.0744 e. The van der Waals surface area contributed by atoms with Gasteiger partial charge in [0, 0.05) is 26.2 Å². The summed E-state index contributed by atoms with van der Waals surface area (Å²) in [5.41, 5.74) is 5.51. The molecule has 2 N–H and O–H groups in total. The molecular weight excluding hydrogens is 142 g/mol. The van der Waals surface area contributed by atoms with Crippen LogP contribution in [-0.4, -0.2) is 33.0 Å². The van der Waals surface area contributed by atoms with Gasteiger partial charge < -0.3 is 15.2 Å². The summed E-state index contributed by atoms with van der Waals surface area (Å²) in [4.78, 5) is 0. The van der Waals surface area contributed by atoms with Crippen molar-refractivity contribution in [1.82, 2.24) is 0 Å². The Morgan fingerprint density at radius 1 is 1.45 bits per heavy atom. The Kier molecular flexibility index (Phi) is 6.51. The van der Waals surface area contributed by atoms with E-state index in [1.54, 1.807) is 7.11 Å². The number of hydrogen-bond acceptors (Lipinski definition) is 3. The zero-order valence-corrected chi connectivity index (χ0v) is 7.67. The van der Waals surface area contributed by atoms with Crippen molar-refractivity contribution in [3.05, 3.63) is 0 Å². The van der Waals surface area contributed by atoms with E-state index in [-0.39, 0.29) is 6.10 Å². The highest BCUT2D eigenvalue weighted by Gasteiger charge is 2.14. The van der Waals surface area contributed by atoms with Gasteiger partial charge in [-0.15, -0.1) is 0 Å². The SMILES string of the molecule is CCOC(CN)C(C)COC. The zero-order valence-electron chi connectivity index (χ0n) is 7.67. The van der Waals surface area contributed by atoms with Gasteiger partial charge in [0.25, 0.3) is 0 Å². The number of hydrogen-bond donors (Lipinski definition) is 1. The van der Waals surface area contributed by atoms with Crippen molar-refractivity contribution in [2.75, 3.05) is 26.9 Å². The molecule has 0 saturated heterocycles. The fourth-order valence-corrected chi connectivity index (χ4v) is 1.05. The molecular formula is C8H19NO2. The second kappa shape index (κ2) is 6.58. The molecule has 68 valence electrons. The fraction of sp³-hybridized carbons (Fsp3) is 1.00. The number of methoxy groups -OCH3 is 1. The normalized spacial score (nSPS) is 16.4. The summed E-state index contributed by atoms with van der Waals surface area (Å²) in [6.07, 6.45) is 0.139. The quantitative estimate of drug-likeness (QED) is 0.621. The first kappa shape index (κ1) is 10.9. The van der Waals surface area contributed by atoms with Gasteiger partial charge in [0.2, 0.25) is 0 Å². The summed E-state index contributed by atoms with van der Waals surface area (Å²) in [5, 5.41) is 0. The first-order valence-electron chi connectivity index (χ1n) is 4.06. The molecule has 0 aromatic carbocycles. The van der Waals surface area contributed by atoms with Gasteiger partial charge in [0.05, 0.1) is 12.7 Å². The van der Waals surface area contributed by atoms with Crippen LogP contribution in [0.15, 0.2) is 0 Å². The van der Waals surface area contributed by atoms with E-state index in [9.17, 15) is 0 Å². The minimum Gasteiger partial charge on any atom is -0.384 e. The summed E-state index contributed by atoms with van der Waals surface area (Å²) in [7, 11) is 1.69. The van der Waals surface area contributed by atoms with E-state index in [0.29, 0.717) is 19.1 Å². The third-order valence-corrected chi connectivity index (χ3v) is 1.68. The predicted molar refractivity (Wildman–Crippen MR) is 45.5 cm³/mol. The van der Waals surface area contributed by atoms with Crippen molar-refractivity contribution in [3.63, 3.8) is 0 Å². The number of nitrogens with two attached hydrogens (primary N) is 1. The van der Waals surface area contributed by atoms with Gasteiger partial charge in [-0.05, 0) is 6.92 Å².